The largest absolute Gasteiger partial charge is 0.326 e. The van der Waals surface area contributed by atoms with E-state index in [1.54, 1.807) is 0 Å². The summed E-state index contributed by atoms with van der Waals surface area (Å²) in [6.45, 7) is 0. The van der Waals surface area contributed by atoms with Crippen LogP contribution in [0.4, 0.5) is 0 Å². The molecule has 5 nitrogen and oxygen atoms in total. The fraction of sp³-hybridized carbons (Fsp3) is 0.667. The SMILES string of the molecule is O=C1CC(N(C(=O)CCl)C2CC2)C(=O)N1. The second kappa shape index (κ2) is 3.81. The number of carbonyl (C=O) groups is 3. The van der Waals surface area contributed by atoms with Crippen molar-refractivity contribution >= 4 is 29.3 Å². The van der Waals surface area contributed by atoms with Gasteiger partial charge in [-0.1, -0.05) is 0 Å². The molecule has 6 heteroatoms. The Balaban J connectivity index is 2.14. The van der Waals surface area contributed by atoms with E-state index in [1.165, 1.54) is 4.90 Å². The third kappa shape index (κ3) is 1.97. The monoisotopic (exact) mass is 230 g/mol. The van der Waals surface area contributed by atoms with Crippen LogP contribution in [0.15, 0.2) is 0 Å². The molecule has 2 rings (SSSR count). The molecular weight excluding hydrogens is 220 g/mol. The van der Waals surface area contributed by atoms with Crippen molar-refractivity contribution in [1.82, 2.24) is 10.2 Å². The third-order valence-electron chi connectivity index (χ3n) is 2.62. The van der Waals surface area contributed by atoms with Gasteiger partial charge in [0, 0.05) is 6.04 Å². The van der Waals surface area contributed by atoms with Crippen LogP contribution in [-0.2, 0) is 14.4 Å². The Morgan fingerprint density at radius 1 is 1.47 bits per heavy atom. The number of hydrogen-bond acceptors (Lipinski definition) is 3. The van der Waals surface area contributed by atoms with Crippen molar-refractivity contribution in [3.63, 3.8) is 0 Å². The number of imide groups is 1. The van der Waals surface area contributed by atoms with Crippen LogP contribution in [0.5, 0.6) is 0 Å². The summed E-state index contributed by atoms with van der Waals surface area (Å²) in [4.78, 5) is 35.4. The summed E-state index contributed by atoms with van der Waals surface area (Å²) in [7, 11) is 0. The lowest BCUT2D eigenvalue weighted by atomic mass is 10.2. The van der Waals surface area contributed by atoms with Gasteiger partial charge in [-0.15, -0.1) is 11.6 Å². The normalized spacial score (nSPS) is 25.3. The smallest absolute Gasteiger partial charge is 0.249 e. The molecule has 0 spiro atoms. The summed E-state index contributed by atoms with van der Waals surface area (Å²) in [5.74, 6) is -1.12. The first kappa shape index (κ1) is 10.4. The van der Waals surface area contributed by atoms with E-state index in [0.717, 1.165) is 12.8 Å². The molecule has 1 aliphatic heterocycles. The molecule has 2 fully saturated rings. The zero-order chi connectivity index (χ0) is 11.0. The number of carbonyl (C=O) groups excluding carboxylic acids is 3. The van der Waals surface area contributed by atoms with Gasteiger partial charge >= 0.3 is 0 Å². The third-order valence-corrected chi connectivity index (χ3v) is 2.85. The van der Waals surface area contributed by atoms with Gasteiger partial charge in [-0.25, -0.2) is 0 Å². The maximum absolute atomic E-state index is 11.5. The Morgan fingerprint density at radius 2 is 2.13 bits per heavy atom. The maximum atomic E-state index is 11.5. The number of hydrogen-bond donors (Lipinski definition) is 1. The lowest BCUT2D eigenvalue weighted by molar-refractivity contribution is -0.137. The Hall–Kier alpha value is -1.10. The minimum atomic E-state index is -0.642. The summed E-state index contributed by atoms with van der Waals surface area (Å²) in [6.07, 6.45) is 1.85. The van der Waals surface area contributed by atoms with E-state index in [1.807, 2.05) is 0 Å². The molecule has 0 aromatic carbocycles. The van der Waals surface area contributed by atoms with E-state index < -0.39 is 6.04 Å². The molecule has 1 saturated carbocycles. The molecule has 0 aromatic rings. The first-order valence-electron chi connectivity index (χ1n) is 4.84. The lowest BCUT2D eigenvalue weighted by Crippen LogP contribution is -2.46. The number of amides is 3. The predicted molar refractivity (Wildman–Crippen MR) is 52.1 cm³/mol. The fourth-order valence-corrected chi connectivity index (χ4v) is 1.96. The minimum absolute atomic E-state index is 0.0674. The van der Waals surface area contributed by atoms with Gasteiger partial charge in [0.15, 0.2) is 0 Å². The second-order valence-corrected chi connectivity index (χ2v) is 4.07. The van der Waals surface area contributed by atoms with Gasteiger partial charge in [-0.3, -0.25) is 19.7 Å². The van der Waals surface area contributed by atoms with Gasteiger partial charge in [0.2, 0.25) is 17.7 Å². The molecule has 3 amide bonds. The van der Waals surface area contributed by atoms with Gasteiger partial charge < -0.3 is 4.90 Å². The molecule has 0 radical (unpaired) electrons. The summed E-state index contributed by atoms with van der Waals surface area (Å²) >= 11 is 5.47. The zero-order valence-corrected chi connectivity index (χ0v) is 8.79. The van der Waals surface area contributed by atoms with Crippen molar-refractivity contribution in [2.24, 2.45) is 0 Å². The van der Waals surface area contributed by atoms with Crippen LogP contribution in [0.3, 0.4) is 0 Å². The van der Waals surface area contributed by atoms with Crippen molar-refractivity contribution in [2.75, 3.05) is 5.88 Å². The Morgan fingerprint density at radius 3 is 2.53 bits per heavy atom. The predicted octanol–water partition coefficient (Wildman–Crippen LogP) is -0.369. The van der Waals surface area contributed by atoms with Crippen molar-refractivity contribution < 1.29 is 14.4 Å². The molecule has 1 aliphatic carbocycles. The molecule has 15 heavy (non-hydrogen) atoms. The average molecular weight is 231 g/mol. The zero-order valence-electron chi connectivity index (χ0n) is 8.03. The molecule has 2 aliphatic rings. The highest BCUT2D eigenvalue weighted by Gasteiger charge is 2.44. The van der Waals surface area contributed by atoms with E-state index in [-0.39, 0.29) is 36.1 Å². The molecule has 1 N–H and O–H groups in total. The quantitative estimate of drug-likeness (QED) is 0.532. The van der Waals surface area contributed by atoms with Crippen molar-refractivity contribution in [1.29, 1.82) is 0 Å². The lowest BCUT2D eigenvalue weighted by Gasteiger charge is -2.25. The van der Waals surface area contributed by atoms with E-state index >= 15 is 0 Å². The van der Waals surface area contributed by atoms with Crippen molar-refractivity contribution in [3.8, 4) is 0 Å². The first-order chi connectivity index (χ1) is 7.13. The Labute approximate surface area is 91.7 Å². The number of nitrogens with zero attached hydrogens (tertiary/aromatic N) is 1. The number of nitrogens with one attached hydrogen (secondary N) is 1. The van der Waals surface area contributed by atoms with Crippen LogP contribution in [0.2, 0.25) is 0 Å². The van der Waals surface area contributed by atoms with Gasteiger partial charge in [-0.2, -0.15) is 0 Å². The summed E-state index contributed by atoms with van der Waals surface area (Å²) in [5.41, 5.74) is 0. The molecule has 1 heterocycles. The van der Waals surface area contributed by atoms with Crippen LogP contribution >= 0.6 is 11.6 Å². The summed E-state index contributed by atoms with van der Waals surface area (Å²) in [6, 6.07) is -0.547. The summed E-state index contributed by atoms with van der Waals surface area (Å²) in [5, 5.41) is 2.19. The van der Waals surface area contributed by atoms with Crippen molar-refractivity contribution in [3.05, 3.63) is 0 Å². The highest BCUT2D eigenvalue weighted by atomic mass is 35.5. The van der Waals surface area contributed by atoms with E-state index in [0.29, 0.717) is 0 Å². The van der Waals surface area contributed by atoms with Gasteiger partial charge in [-0.05, 0) is 12.8 Å². The summed E-state index contributed by atoms with van der Waals surface area (Å²) < 4.78 is 0. The number of alkyl halides is 1. The van der Waals surface area contributed by atoms with Gasteiger partial charge in [0.25, 0.3) is 0 Å². The van der Waals surface area contributed by atoms with Crippen LogP contribution in [-0.4, -0.2) is 40.6 Å². The highest BCUT2D eigenvalue weighted by Crippen LogP contribution is 2.30. The topological polar surface area (TPSA) is 66.5 Å². The molecule has 1 saturated heterocycles. The molecule has 0 aromatic heterocycles. The number of halogens is 1. The van der Waals surface area contributed by atoms with E-state index in [4.69, 9.17) is 11.6 Å². The first-order valence-corrected chi connectivity index (χ1v) is 5.37. The van der Waals surface area contributed by atoms with Crippen LogP contribution < -0.4 is 5.32 Å². The number of rotatable bonds is 3. The Bertz CT molecular complexity index is 327. The molecule has 82 valence electrons. The van der Waals surface area contributed by atoms with Crippen LogP contribution in [0.1, 0.15) is 19.3 Å². The molecule has 0 bridgehead atoms. The molecule has 1 unspecified atom stereocenters. The Kier molecular flexibility index (Phi) is 2.65. The second-order valence-electron chi connectivity index (χ2n) is 3.80. The van der Waals surface area contributed by atoms with Crippen molar-refractivity contribution in [2.45, 2.75) is 31.3 Å². The minimum Gasteiger partial charge on any atom is -0.326 e. The standard InChI is InChI=1S/C9H11ClN2O3/c10-4-8(14)12(5-1-2-5)6-3-7(13)11-9(6)15/h5-6H,1-4H2,(H,11,13,15). The van der Waals surface area contributed by atoms with E-state index in [9.17, 15) is 14.4 Å². The van der Waals surface area contributed by atoms with Crippen LogP contribution in [0, 0.1) is 0 Å². The van der Waals surface area contributed by atoms with Gasteiger partial charge in [0.1, 0.15) is 11.9 Å². The molecule has 1 atom stereocenters. The maximum Gasteiger partial charge on any atom is 0.249 e. The molecular formula is C9H11ClN2O3. The van der Waals surface area contributed by atoms with Crippen LogP contribution in [0.25, 0.3) is 0 Å². The van der Waals surface area contributed by atoms with E-state index in [2.05, 4.69) is 5.32 Å². The van der Waals surface area contributed by atoms with Gasteiger partial charge in [0.05, 0.1) is 6.42 Å². The average Bonchev–Trinajstić information content (AvgIpc) is 2.95. The highest BCUT2D eigenvalue weighted by molar-refractivity contribution is 6.27. The fourth-order valence-electron chi connectivity index (χ4n) is 1.82.